The van der Waals surface area contributed by atoms with Gasteiger partial charge in [-0.3, -0.25) is 14.5 Å². The SMILES string of the molecule is COc1cc(N)c(Cl)cc1C(=O)NCC1CN(CCCC(=O)c2ccc(F)cc2)CCO1. The van der Waals surface area contributed by atoms with Crippen molar-refractivity contribution in [2.75, 3.05) is 45.6 Å². The molecule has 0 radical (unpaired) electrons. The first-order chi connectivity index (χ1) is 15.4. The highest BCUT2D eigenvalue weighted by molar-refractivity contribution is 6.33. The topological polar surface area (TPSA) is 93.9 Å². The van der Waals surface area contributed by atoms with Crippen molar-refractivity contribution in [3.05, 3.63) is 58.4 Å². The highest BCUT2D eigenvalue weighted by Gasteiger charge is 2.22. The summed E-state index contributed by atoms with van der Waals surface area (Å²) in [7, 11) is 1.46. The largest absolute Gasteiger partial charge is 0.496 e. The van der Waals surface area contributed by atoms with Crippen LogP contribution in [0.4, 0.5) is 10.1 Å². The van der Waals surface area contributed by atoms with Gasteiger partial charge in [0.25, 0.3) is 5.91 Å². The summed E-state index contributed by atoms with van der Waals surface area (Å²) >= 11 is 6.04. The highest BCUT2D eigenvalue weighted by Crippen LogP contribution is 2.28. The molecule has 3 rings (SSSR count). The van der Waals surface area contributed by atoms with Gasteiger partial charge in [-0.15, -0.1) is 0 Å². The Balaban J connectivity index is 1.45. The number of rotatable bonds is 9. The number of hydrogen-bond donors (Lipinski definition) is 2. The Kier molecular flexibility index (Phi) is 8.44. The van der Waals surface area contributed by atoms with Crippen molar-refractivity contribution in [2.24, 2.45) is 0 Å². The van der Waals surface area contributed by atoms with E-state index in [9.17, 15) is 14.0 Å². The normalized spacial score (nSPS) is 16.5. The molecule has 0 saturated carbocycles. The first-order valence-corrected chi connectivity index (χ1v) is 10.8. The third kappa shape index (κ3) is 6.41. The van der Waals surface area contributed by atoms with Gasteiger partial charge in [0.15, 0.2) is 5.78 Å². The maximum atomic E-state index is 13.0. The van der Waals surface area contributed by atoms with E-state index in [-0.39, 0.29) is 28.6 Å². The molecule has 0 spiro atoms. The fourth-order valence-corrected chi connectivity index (χ4v) is 3.73. The van der Waals surface area contributed by atoms with E-state index in [1.54, 1.807) is 0 Å². The zero-order chi connectivity index (χ0) is 23.1. The number of anilines is 1. The molecule has 2 aromatic rings. The number of nitrogen functional groups attached to an aromatic ring is 1. The van der Waals surface area contributed by atoms with Crippen molar-refractivity contribution in [3.8, 4) is 5.75 Å². The van der Waals surface area contributed by atoms with Gasteiger partial charge in [0.05, 0.1) is 36.1 Å². The number of nitrogens with two attached hydrogens (primary N) is 1. The Labute approximate surface area is 191 Å². The molecule has 1 saturated heterocycles. The van der Waals surface area contributed by atoms with Gasteiger partial charge in [-0.2, -0.15) is 0 Å². The second kappa shape index (κ2) is 11.3. The third-order valence-corrected chi connectivity index (χ3v) is 5.65. The van der Waals surface area contributed by atoms with Gasteiger partial charge >= 0.3 is 0 Å². The molecule has 1 fully saturated rings. The number of benzene rings is 2. The Hall–Kier alpha value is -2.68. The number of nitrogens with one attached hydrogen (secondary N) is 1. The molecule has 1 atom stereocenters. The molecule has 2 aromatic carbocycles. The lowest BCUT2D eigenvalue weighted by molar-refractivity contribution is -0.0266. The Morgan fingerprint density at radius 1 is 1.31 bits per heavy atom. The average Bonchev–Trinajstić information content (AvgIpc) is 2.79. The van der Waals surface area contributed by atoms with Crippen molar-refractivity contribution in [1.82, 2.24) is 10.2 Å². The van der Waals surface area contributed by atoms with Crippen LogP contribution in [0.15, 0.2) is 36.4 Å². The number of carbonyl (C=O) groups excluding carboxylic acids is 2. The molecule has 1 heterocycles. The number of hydrogen-bond acceptors (Lipinski definition) is 6. The quantitative estimate of drug-likeness (QED) is 0.438. The summed E-state index contributed by atoms with van der Waals surface area (Å²) in [5.74, 6) is -0.333. The smallest absolute Gasteiger partial charge is 0.255 e. The van der Waals surface area contributed by atoms with Gasteiger partial charge in [0, 0.05) is 37.7 Å². The molecule has 32 heavy (non-hydrogen) atoms. The van der Waals surface area contributed by atoms with Crippen molar-refractivity contribution in [1.29, 1.82) is 0 Å². The zero-order valence-corrected chi connectivity index (χ0v) is 18.7. The molecule has 0 aromatic heterocycles. The minimum absolute atomic E-state index is 0.00169. The predicted molar refractivity (Wildman–Crippen MR) is 121 cm³/mol. The van der Waals surface area contributed by atoms with Crippen LogP contribution < -0.4 is 15.8 Å². The summed E-state index contributed by atoms with van der Waals surface area (Å²) < 4.78 is 24.0. The number of carbonyl (C=O) groups is 2. The van der Waals surface area contributed by atoms with Gasteiger partial charge in [-0.1, -0.05) is 11.6 Å². The molecule has 3 N–H and O–H groups in total. The number of amides is 1. The van der Waals surface area contributed by atoms with Crippen LogP contribution in [0.1, 0.15) is 33.6 Å². The molecule has 1 aliphatic heterocycles. The van der Waals surface area contributed by atoms with E-state index in [0.29, 0.717) is 55.1 Å². The molecule has 172 valence electrons. The molecule has 1 amide bonds. The predicted octanol–water partition coefficient (Wildman–Crippen LogP) is 3.16. The van der Waals surface area contributed by atoms with Gasteiger partial charge in [0.1, 0.15) is 11.6 Å². The Morgan fingerprint density at radius 2 is 2.06 bits per heavy atom. The van der Waals surface area contributed by atoms with Crippen molar-refractivity contribution in [2.45, 2.75) is 18.9 Å². The van der Waals surface area contributed by atoms with Crippen molar-refractivity contribution < 1.29 is 23.5 Å². The lowest BCUT2D eigenvalue weighted by atomic mass is 10.1. The van der Waals surface area contributed by atoms with E-state index in [2.05, 4.69) is 10.2 Å². The van der Waals surface area contributed by atoms with Crippen molar-refractivity contribution >= 4 is 29.0 Å². The number of methoxy groups -OCH3 is 1. The van der Waals surface area contributed by atoms with E-state index in [0.717, 1.165) is 13.1 Å². The standard InChI is InChI=1S/C23H27ClFN3O4/c1-31-22-12-20(26)19(24)11-18(22)23(30)27-13-17-14-28(9-10-32-17)8-2-3-21(29)15-4-6-16(25)7-5-15/h4-7,11-12,17H,2-3,8-10,13-14,26H2,1H3,(H,27,30). The zero-order valence-electron chi connectivity index (χ0n) is 17.9. The van der Waals surface area contributed by atoms with Gasteiger partial charge in [-0.05, 0) is 43.3 Å². The molecule has 0 bridgehead atoms. The number of ether oxygens (including phenoxy) is 2. The van der Waals surface area contributed by atoms with E-state index in [4.69, 9.17) is 26.8 Å². The molecule has 9 heteroatoms. The minimum atomic E-state index is -0.356. The van der Waals surface area contributed by atoms with Gasteiger partial charge in [0.2, 0.25) is 0 Å². The number of morpholine rings is 1. The third-order valence-electron chi connectivity index (χ3n) is 5.32. The second-order valence-electron chi connectivity index (χ2n) is 7.61. The molecule has 7 nitrogen and oxygen atoms in total. The van der Waals surface area contributed by atoms with Gasteiger partial charge < -0.3 is 20.5 Å². The number of nitrogens with zero attached hydrogens (tertiary/aromatic N) is 1. The number of Topliss-reactive ketones (excluding diaryl/α,β-unsaturated/α-hetero) is 1. The monoisotopic (exact) mass is 463 g/mol. The summed E-state index contributed by atoms with van der Waals surface area (Å²) in [5, 5.41) is 3.14. The molecular weight excluding hydrogens is 437 g/mol. The lowest BCUT2D eigenvalue weighted by Gasteiger charge is -2.33. The Bertz CT molecular complexity index is 955. The molecule has 1 unspecified atom stereocenters. The van der Waals surface area contributed by atoms with Crippen LogP contribution >= 0.6 is 11.6 Å². The summed E-state index contributed by atoms with van der Waals surface area (Å²) in [6.45, 7) is 3.02. The summed E-state index contributed by atoms with van der Waals surface area (Å²) in [6, 6.07) is 8.60. The van der Waals surface area contributed by atoms with Crippen LogP contribution in [0.5, 0.6) is 5.75 Å². The van der Waals surface area contributed by atoms with Gasteiger partial charge in [-0.25, -0.2) is 4.39 Å². The van der Waals surface area contributed by atoms with E-state index >= 15 is 0 Å². The molecular formula is C23H27ClFN3O4. The minimum Gasteiger partial charge on any atom is -0.496 e. The first kappa shape index (κ1) is 24.0. The van der Waals surface area contributed by atoms with E-state index in [1.807, 2.05) is 0 Å². The maximum Gasteiger partial charge on any atom is 0.255 e. The van der Waals surface area contributed by atoms with E-state index < -0.39 is 0 Å². The molecule has 1 aliphatic rings. The summed E-state index contributed by atoms with van der Waals surface area (Å²) in [6.07, 6.45) is 0.911. The van der Waals surface area contributed by atoms with Crippen LogP contribution in [-0.4, -0.2) is 62.6 Å². The van der Waals surface area contributed by atoms with Crippen molar-refractivity contribution in [3.63, 3.8) is 0 Å². The summed E-state index contributed by atoms with van der Waals surface area (Å²) in [4.78, 5) is 27.0. The van der Waals surface area contributed by atoms with Crippen LogP contribution in [0.3, 0.4) is 0 Å². The summed E-state index contributed by atoms with van der Waals surface area (Å²) in [5.41, 5.74) is 6.93. The highest BCUT2D eigenvalue weighted by atomic mass is 35.5. The Morgan fingerprint density at radius 3 is 2.78 bits per heavy atom. The fraction of sp³-hybridized carbons (Fsp3) is 0.391. The first-order valence-electron chi connectivity index (χ1n) is 10.4. The van der Waals surface area contributed by atoms with Crippen LogP contribution in [0, 0.1) is 5.82 Å². The maximum absolute atomic E-state index is 13.0. The number of ketones is 1. The lowest BCUT2D eigenvalue weighted by Crippen LogP contribution is -2.47. The molecule has 0 aliphatic carbocycles. The average molecular weight is 464 g/mol. The van der Waals surface area contributed by atoms with Crippen LogP contribution in [0.25, 0.3) is 0 Å². The van der Waals surface area contributed by atoms with Crippen LogP contribution in [0.2, 0.25) is 5.02 Å². The van der Waals surface area contributed by atoms with E-state index in [1.165, 1.54) is 43.5 Å². The number of halogens is 2. The van der Waals surface area contributed by atoms with Crippen LogP contribution in [-0.2, 0) is 4.74 Å². The second-order valence-corrected chi connectivity index (χ2v) is 8.02. The fourth-order valence-electron chi connectivity index (χ4n) is 3.57.